The summed E-state index contributed by atoms with van der Waals surface area (Å²) in [5.74, 6) is -1.91. The summed E-state index contributed by atoms with van der Waals surface area (Å²) in [6.07, 6.45) is 0.581. The van der Waals surface area contributed by atoms with Gasteiger partial charge in [-0.3, -0.25) is 0 Å². The lowest BCUT2D eigenvalue weighted by molar-refractivity contribution is -0.385. The van der Waals surface area contributed by atoms with Gasteiger partial charge in [0.15, 0.2) is 0 Å². The van der Waals surface area contributed by atoms with E-state index in [0.717, 1.165) is 0 Å². The second-order valence-corrected chi connectivity index (χ2v) is 2.31. The summed E-state index contributed by atoms with van der Waals surface area (Å²) in [4.78, 5) is 0. The Kier molecular flexibility index (Phi) is 5.08. The van der Waals surface area contributed by atoms with Gasteiger partial charge in [0.2, 0.25) is 0 Å². The van der Waals surface area contributed by atoms with Crippen molar-refractivity contribution in [2.24, 2.45) is 0 Å². The maximum atomic E-state index is 9.48. The zero-order valence-electron chi connectivity index (χ0n) is 7.49. The first-order chi connectivity index (χ1) is 5.60. The third kappa shape index (κ3) is 2.91. The van der Waals surface area contributed by atoms with E-state index in [9.17, 15) is 10.2 Å². The molecule has 0 spiro atoms. The minimum Gasteiger partial charge on any atom is -0.384 e. The van der Waals surface area contributed by atoms with Crippen molar-refractivity contribution < 1.29 is 19.7 Å². The van der Waals surface area contributed by atoms with E-state index in [1.165, 1.54) is 13.2 Å². The zero-order chi connectivity index (χ0) is 9.61. The molecule has 0 aliphatic rings. The molecule has 0 bridgehead atoms. The smallest absolute Gasteiger partial charge is 0.308 e. The Morgan fingerprint density at radius 3 is 2.58 bits per heavy atom. The number of rotatable bonds is 6. The summed E-state index contributed by atoms with van der Waals surface area (Å²) in [5, 5.41) is 18.8. The Hall–Kier alpha value is -0.420. The van der Waals surface area contributed by atoms with Gasteiger partial charge in [-0.25, -0.2) is 0 Å². The average molecular weight is 176 g/mol. The molecular formula is C8H16O4. The van der Waals surface area contributed by atoms with Crippen LogP contribution in [0.5, 0.6) is 0 Å². The van der Waals surface area contributed by atoms with Gasteiger partial charge in [-0.05, 0) is 13.3 Å². The number of ether oxygens (including phenoxy) is 2. The van der Waals surface area contributed by atoms with Gasteiger partial charge in [-0.15, -0.1) is 6.58 Å². The van der Waals surface area contributed by atoms with E-state index >= 15 is 0 Å². The lowest BCUT2D eigenvalue weighted by atomic mass is 10.2. The highest BCUT2D eigenvalue weighted by molar-refractivity contribution is 4.77. The van der Waals surface area contributed by atoms with Crippen LogP contribution in [0.1, 0.15) is 13.3 Å². The fourth-order valence-electron chi connectivity index (χ4n) is 0.805. The van der Waals surface area contributed by atoms with Crippen LogP contribution in [0, 0.1) is 0 Å². The summed E-state index contributed by atoms with van der Waals surface area (Å²) >= 11 is 0. The standard InChI is InChI=1S/C8H16O4/c1-4-6-7(9)8(10,11-3)12-5-2/h4,7,9-10H,1,5-6H2,2-3H3. The van der Waals surface area contributed by atoms with Gasteiger partial charge < -0.3 is 19.7 Å². The molecule has 0 aliphatic carbocycles. The average Bonchev–Trinajstić information content (AvgIpc) is 2.05. The molecule has 0 aromatic carbocycles. The molecule has 2 N–H and O–H groups in total. The van der Waals surface area contributed by atoms with Crippen LogP contribution < -0.4 is 0 Å². The van der Waals surface area contributed by atoms with Gasteiger partial charge in [0.05, 0.1) is 0 Å². The number of hydrogen-bond donors (Lipinski definition) is 2. The Morgan fingerprint density at radius 1 is 1.67 bits per heavy atom. The highest BCUT2D eigenvalue weighted by atomic mass is 16.8. The molecule has 0 saturated carbocycles. The molecule has 0 aromatic rings. The Morgan fingerprint density at radius 2 is 2.25 bits per heavy atom. The van der Waals surface area contributed by atoms with E-state index in [4.69, 9.17) is 4.74 Å². The molecule has 0 radical (unpaired) electrons. The van der Waals surface area contributed by atoms with Gasteiger partial charge in [0.25, 0.3) is 0 Å². The molecule has 4 heteroatoms. The molecule has 0 amide bonds. The van der Waals surface area contributed by atoms with Crippen LogP contribution in [0.15, 0.2) is 12.7 Å². The molecule has 2 atom stereocenters. The van der Waals surface area contributed by atoms with Crippen LogP contribution in [0.25, 0.3) is 0 Å². The summed E-state index contributed by atoms with van der Waals surface area (Å²) in [5.41, 5.74) is 0. The Labute approximate surface area is 72.4 Å². The number of aliphatic hydroxyl groups excluding tert-OH is 1. The summed E-state index contributed by atoms with van der Waals surface area (Å²) < 4.78 is 9.46. The molecule has 0 heterocycles. The first-order valence-corrected chi connectivity index (χ1v) is 3.81. The predicted molar refractivity (Wildman–Crippen MR) is 44.4 cm³/mol. The Bertz CT molecular complexity index is 137. The van der Waals surface area contributed by atoms with Crippen molar-refractivity contribution in [3.8, 4) is 0 Å². The second kappa shape index (κ2) is 5.27. The lowest BCUT2D eigenvalue weighted by Crippen LogP contribution is -2.46. The predicted octanol–water partition coefficient (Wildman–Crippen LogP) is 0.252. The van der Waals surface area contributed by atoms with Crippen molar-refractivity contribution in [1.82, 2.24) is 0 Å². The van der Waals surface area contributed by atoms with E-state index in [0.29, 0.717) is 0 Å². The molecular weight excluding hydrogens is 160 g/mol. The fraction of sp³-hybridized carbons (Fsp3) is 0.750. The summed E-state index contributed by atoms with van der Waals surface area (Å²) in [6, 6.07) is 0. The number of hydrogen-bond acceptors (Lipinski definition) is 4. The van der Waals surface area contributed by atoms with Gasteiger partial charge in [-0.1, -0.05) is 6.08 Å². The number of methoxy groups -OCH3 is 1. The second-order valence-electron chi connectivity index (χ2n) is 2.31. The first-order valence-electron chi connectivity index (χ1n) is 3.81. The topological polar surface area (TPSA) is 58.9 Å². The van der Waals surface area contributed by atoms with Crippen molar-refractivity contribution in [2.45, 2.75) is 25.4 Å². The van der Waals surface area contributed by atoms with Crippen LogP contribution in [0.3, 0.4) is 0 Å². The van der Waals surface area contributed by atoms with Crippen molar-refractivity contribution >= 4 is 0 Å². The maximum Gasteiger partial charge on any atom is 0.308 e. The van der Waals surface area contributed by atoms with E-state index in [1.807, 2.05) is 0 Å². The molecule has 0 aliphatic heterocycles. The van der Waals surface area contributed by atoms with E-state index in [2.05, 4.69) is 11.3 Å². The van der Waals surface area contributed by atoms with Gasteiger partial charge >= 0.3 is 5.97 Å². The molecule has 0 saturated heterocycles. The van der Waals surface area contributed by atoms with Crippen molar-refractivity contribution in [1.29, 1.82) is 0 Å². The quantitative estimate of drug-likeness (QED) is 0.450. The molecule has 72 valence electrons. The molecule has 12 heavy (non-hydrogen) atoms. The molecule has 2 unspecified atom stereocenters. The van der Waals surface area contributed by atoms with Crippen LogP contribution >= 0.6 is 0 Å². The van der Waals surface area contributed by atoms with E-state index in [1.54, 1.807) is 6.92 Å². The van der Waals surface area contributed by atoms with Gasteiger partial charge in [0, 0.05) is 13.7 Å². The fourth-order valence-corrected chi connectivity index (χ4v) is 0.805. The first kappa shape index (κ1) is 11.6. The Balaban J connectivity index is 4.17. The highest BCUT2D eigenvalue weighted by Gasteiger charge is 2.35. The third-order valence-electron chi connectivity index (χ3n) is 1.45. The molecule has 0 aromatic heterocycles. The molecule has 4 nitrogen and oxygen atoms in total. The molecule has 0 rings (SSSR count). The van der Waals surface area contributed by atoms with Crippen LogP contribution in [0.4, 0.5) is 0 Å². The highest BCUT2D eigenvalue weighted by Crippen LogP contribution is 2.16. The van der Waals surface area contributed by atoms with Crippen molar-refractivity contribution in [3.05, 3.63) is 12.7 Å². The van der Waals surface area contributed by atoms with E-state index in [-0.39, 0.29) is 13.0 Å². The normalized spacial score (nSPS) is 18.3. The monoisotopic (exact) mass is 176 g/mol. The van der Waals surface area contributed by atoms with Gasteiger partial charge in [0.1, 0.15) is 6.10 Å². The lowest BCUT2D eigenvalue weighted by Gasteiger charge is -2.29. The van der Waals surface area contributed by atoms with Crippen LogP contribution in [-0.4, -0.2) is 36.0 Å². The van der Waals surface area contributed by atoms with Crippen molar-refractivity contribution in [2.75, 3.05) is 13.7 Å². The van der Waals surface area contributed by atoms with Crippen LogP contribution in [-0.2, 0) is 9.47 Å². The SMILES string of the molecule is C=CCC(O)C(O)(OC)OCC. The largest absolute Gasteiger partial charge is 0.384 e. The van der Waals surface area contributed by atoms with Gasteiger partial charge in [-0.2, -0.15) is 0 Å². The number of aliphatic hydroxyl groups is 2. The molecule has 0 fully saturated rings. The maximum absolute atomic E-state index is 9.48. The van der Waals surface area contributed by atoms with E-state index < -0.39 is 12.1 Å². The minimum absolute atomic E-state index is 0.213. The zero-order valence-corrected chi connectivity index (χ0v) is 7.49. The van der Waals surface area contributed by atoms with Crippen LogP contribution in [0.2, 0.25) is 0 Å². The van der Waals surface area contributed by atoms with Crippen molar-refractivity contribution in [3.63, 3.8) is 0 Å². The summed E-state index contributed by atoms with van der Waals surface area (Å²) in [7, 11) is 1.27. The minimum atomic E-state index is -1.91. The summed E-state index contributed by atoms with van der Waals surface area (Å²) in [6.45, 7) is 5.39. The third-order valence-corrected chi connectivity index (χ3v) is 1.45.